The first kappa shape index (κ1) is 10.0. The van der Waals surface area contributed by atoms with E-state index in [0.29, 0.717) is 5.15 Å². The van der Waals surface area contributed by atoms with Crippen LogP contribution in [0.25, 0.3) is 10.9 Å². The third-order valence-electron chi connectivity index (χ3n) is 1.95. The summed E-state index contributed by atoms with van der Waals surface area (Å²) in [5.74, 6) is 0. The second-order valence-electron chi connectivity index (χ2n) is 2.85. The molecule has 0 atom stereocenters. The summed E-state index contributed by atoms with van der Waals surface area (Å²) in [6.07, 6.45) is 0. The molecule has 1 heterocycles. The summed E-state index contributed by atoms with van der Waals surface area (Å²) < 4.78 is 0. The first-order chi connectivity index (χ1) is 6.68. The van der Waals surface area contributed by atoms with E-state index in [2.05, 4.69) is 4.98 Å². The van der Waals surface area contributed by atoms with Crippen molar-refractivity contribution in [2.75, 3.05) is 0 Å². The number of alkyl halides is 2. The Morgan fingerprint density at radius 2 is 1.86 bits per heavy atom. The van der Waals surface area contributed by atoms with Crippen molar-refractivity contribution in [3.05, 3.63) is 41.0 Å². The van der Waals surface area contributed by atoms with E-state index in [-0.39, 0.29) is 0 Å². The van der Waals surface area contributed by atoms with Crippen LogP contribution in [0.4, 0.5) is 0 Å². The van der Waals surface area contributed by atoms with E-state index in [1.807, 2.05) is 24.3 Å². The fraction of sp³-hybridized carbons (Fsp3) is 0.100. The Morgan fingerprint density at radius 3 is 2.57 bits per heavy atom. The van der Waals surface area contributed by atoms with Crippen molar-refractivity contribution in [3.8, 4) is 0 Å². The van der Waals surface area contributed by atoms with Crippen LogP contribution in [0.2, 0.25) is 5.15 Å². The molecule has 0 saturated heterocycles. The van der Waals surface area contributed by atoms with Gasteiger partial charge in [0, 0.05) is 5.39 Å². The van der Waals surface area contributed by atoms with E-state index in [1.54, 1.807) is 6.07 Å². The molecule has 0 aliphatic rings. The Balaban J connectivity index is 2.80. The lowest BCUT2D eigenvalue weighted by molar-refractivity contribution is 1.32. The summed E-state index contributed by atoms with van der Waals surface area (Å²) in [7, 11) is 0. The van der Waals surface area contributed by atoms with E-state index >= 15 is 0 Å². The average Bonchev–Trinajstić information content (AvgIpc) is 2.16. The number of halogens is 3. The SMILES string of the molecule is Clc1cc(C(Cl)Cl)c2ccccc2n1. The van der Waals surface area contributed by atoms with Crippen molar-refractivity contribution in [1.82, 2.24) is 4.98 Å². The fourth-order valence-electron chi connectivity index (χ4n) is 1.35. The van der Waals surface area contributed by atoms with Gasteiger partial charge in [0.25, 0.3) is 0 Å². The zero-order valence-corrected chi connectivity index (χ0v) is 9.31. The summed E-state index contributed by atoms with van der Waals surface area (Å²) in [4.78, 5) is 3.58. The Labute approximate surface area is 96.6 Å². The molecule has 0 aliphatic heterocycles. The molecule has 0 amide bonds. The predicted octanol–water partition coefficient (Wildman–Crippen LogP) is 4.36. The van der Waals surface area contributed by atoms with Gasteiger partial charge >= 0.3 is 0 Å². The minimum absolute atomic E-state index is 0.407. The van der Waals surface area contributed by atoms with Gasteiger partial charge in [-0.05, 0) is 17.7 Å². The van der Waals surface area contributed by atoms with Crippen LogP contribution in [0.3, 0.4) is 0 Å². The van der Waals surface area contributed by atoms with Crippen LogP contribution < -0.4 is 0 Å². The molecule has 0 fully saturated rings. The highest BCUT2D eigenvalue weighted by molar-refractivity contribution is 6.44. The molecule has 0 bridgehead atoms. The van der Waals surface area contributed by atoms with Crippen molar-refractivity contribution < 1.29 is 0 Å². The smallest absolute Gasteiger partial charge is 0.133 e. The van der Waals surface area contributed by atoms with Gasteiger partial charge in [0.2, 0.25) is 0 Å². The molecule has 2 aromatic rings. The van der Waals surface area contributed by atoms with Crippen molar-refractivity contribution >= 4 is 45.7 Å². The number of nitrogens with zero attached hydrogens (tertiary/aromatic N) is 1. The highest BCUT2D eigenvalue weighted by atomic mass is 35.5. The third-order valence-corrected chi connectivity index (χ3v) is 2.62. The standard InChI is InChI=1S/C10H6Cl3N/c11-9-5-7(10(12)13)6-3-1-2-4-8(6)14-9/h1-5,10H. The summed E-state index contributed by atoms with van der Waals surface area (Å²) >= 11 is 17.5. The Hall–Kier alpha value is -0.500. The first-order valence-corrected chi connectivity index (χ1v) is 5.27. The molecule has 0 unspecified atom stereocenters. The van der Waals surface area contributed by atoms with Gasteiger partial charge in [-0.2, -0.15) is 0 Å². The number of hydrogen-bond donors (Lipinski definition) is 0. The van der Waals surface area contributed by atoms with Crippen molar-refractivity contribution in [1.29, 1.82) is 0 Å². The second kappa shape index (κ2) is 3.93. The van der Waals surface area contributed by atoms with Crippen LogP contribution in [-0.2, 0) is 0 Å². The highest BCUT2D eigenvalue weighted by Crippen LogP contribution is 2.32. The van der Waals surface area contributed by atoms with Crippen molar-refractivity contribution in [2.45, 2.75) is 4.84 Å². The van der Waals surface area contributed by atoms with Crippen LogP contribution in [-0.4, -0.2) is 4.98 Å². The number of rotatable bonds is 1. The minimum Gasteiger partial charge on any atom is -0.236 e. The van der Waals surface area contributed by atoms with Gasteiger partial charge in [0.15, 0.2) is 0 Å². The molecule has 0 aliphatic carbocycles. The quantitative estimate of drug-likeness (QED) is 0.538. The molecule has 4 heteroatoms. The summed E-state index contributed by atoms with van der Waals surface area (Å²) in [5, 5.41) is 1.34. The molecular weight excluding hydrogens is 240 g/mol. The number of fused-ring (bicyclic) bond motifs is 1. The van der Waals surface area contributed by atoms with E-state index in [4.69, 9.17) is 34.8 Å². The van der Waals surface area contributed by atoms with Crippen LogP contribution in [0.5, 0.6) is 0 Å². The maximum absolute atomic E-state index is 5.84. The van der Waals surface area contributed by atoms with E-state index in [0.717, 1.165) is 16.5 Å². The van der Waals surface area contributed by atoms with E-state index in [1.165, 1.54) is 0 Å². The topological polar surface area (TPSA) is 12.9 Å². The third kappa shape index (κ3) is 1.81. The lowest BCUT2D eigenvalue weighted by atomic mass is 10.1. The van der Waals surface area contributed by atoms with Gasteiger partial charge in [-0.1, -0.05) is 29.8 Å². The van der Waals surface area contributed by atoms with E-state index in [9.17, 15) is 0 Å². The normalized spacial score (nSPS) is 11.1. The first-order valence-electron chi connectivity index (χ1n) is 4.02. The van der Waals surface area contributed by atoms with Gasteiger partial charge in [0.05, 0.1) is 5.52 Å². The number of hydrogen-bond acceptors (Lipinski definition) is 1. The molecule has 72 valence electrons. The largest absolute Gasteiger partial charge is 0.236 e. The second-order valence-corrected chi connectivity index (χ2v) is 4.34. The maximum atomic E-state index is 5.84. The number of para-hydroxylation sites is 1. The van der Waals surface area contributed by atoms with Gasteiger partial charge in [-0.3, -0.25) is 0 Å². The molecule has 1 aromatic carbocycles. The fourth-order valence-corrected chi connectivity index (χ4v) is 1.92. The molecule has 2 rings (SSSR count). The average molecular weight is 247 g/mol. The Kier molecular flexibility index (Phi) is 2.82. The molecular formula is C10H6Cl3N. The molecule has 0 N–H and O–H groups in total. The number of pyridine rings is 1. The summed E-state index contributed by atoms with van der Waals surface area (Å²) in [6.45, 7) is 0. The zero-order valence-electron chi connectivity index (χ0n) is 7.05. The van der Waals surface area contributed by atoms with Gasteiger partial charge in [0.1, 0.15) is 9.99 Å². The van der Waals surface area contributed by atoms with Crippen LogP contribution in [0.15, 0.2) is 30.3 Å². The van der Waals surface area contributed by atoms with E-state index < -0.39 is 4.84 Å². The minimum atomic E-state index is -0.583. The summed E-state index contributed by atoms with van der Waals surface area (Å²) in [5.41, 5.74) is 1.60. The molecule has 1 aromatic heterocycles. The number of aromatic nitrogens is 1. The van der Waals surface area contributed by atoms with Crippen LogP contribution in [0.1, 0.15) is 10.4 Å². The Bertz CT molecular complexity index is 468. The monoisotopic (exact) mass is 245 g/mol. The summed E-state index contributed by atoms with van der Waals surface area (Å²) in [6, 6.07) is 9.30. The van der Waals surface area contributed by atoms with Crippen molar-refractivity contribution in [2.24, 2.45) is 0 Å². The van der Waals surface area contributed by atoms with Gasteiger partial charge in [-0.25, -0.2) is 4.98 Å². The molecule has 14 heavy (non-hydrogen) atoms. The molecule has 0 radical (unpaired) electrons. The Morgan fingerprint density at radius 1 is 1.14 bits per heavy atom. The maximum Gasteiger partial charge on any atom is 0.133 e. The van der Waals surface area contributed by atoms with Crippen molar-refractivity contribution in [3.63, 3.8) is 0 Å². The lowest BCUT2D eigenvalue weighted by Crippen LogP contribution is -1.88. The highest BCUT2D eigenvalue weighted by Gasteiger charge is 2.10. The molecule has 1 nitrogen and oxygen atoms in total. The van der Waals surface area contributed by atoms with Gasteiger partial charge < -0.3 is 0 Å². The number of benzene rings is 1. The van der Waals surface area contributed by atoms with Crippen LogP contribution >= 0.6 is 34.8 Å². The molecule has 0 saturated carbocycles. The van der Waals surface area contributed by atoms with Gasteiger partial charge in [-0.15, -0.1) is 23.2 Å². The van der Waals surface area contributed by atoms with Crippen LogP contribution in [0, 0.1) is 0 Å². The predicted molar refractivity (Wildman–Crippen MR) is 61.2 cm³/mol. The lowest BCUT2D eigenvalue weighted by Gasteiger charge is -2.06. The molecule has 0 spiro atoms. The zero-order chi connectivity index (χ0) is 10.1.